The van der Waals surface area contributed by atoms with Crippen LogP contribution in [0.15, 0.2) is 117 Å². The zero-order valence-electron chi connectivity index (χ0n) is 28.8. The summed E-state index contributed by atoms with van der Waals surface area (Å²) in [6, 6.07) is 19.0. The number of fused-ring (bicyclic) bond motifs is 2. The molecule has 0 aliphatic carbocycles. The highest BCUT2D eigenvalue weighted by Gasteiger charge is 2.24. The molecule has 6 aromatic rings. The van der Waals surface area contributed by atoms with Gasteiger partial charge in [0.25, 0.3) is 40.3 Å². The van der Waals surface area contributed by atoms with E-state index in [2.05, 4.69) is 20.1 Å². The first kappa shape index (κ1) is 39.7. The van der Waals surface area contributed by atoms with Crippen molar-refractivity contribution in [1.29, 1.82) is 0 Å². The fourth-order valence-electron chi connectivity index (χ4n) is 5.85. The van der Waals surface area contributed by atoms with Crippen LogP contribution in [0.25, 0.3) is 21.5 Å². The average molecular weight is 843 g/mol. The number of nitrogens with one attached hydrogen (secondary N) is 4. The van der Waals surface area contributed by atoms with Crippen molar-refractivity contribution >= 4 is 90.6 Å². The van der Waals surface area contributed by atoms with Gasteiger partial charge in [-0.05, 0) is 84.3 Å². The lowest BCUT2D eigenvalue weighted by atomic mass is 10.1. The van der Waals surface area contributed by atoms with Gasteiger partial charge in [0, 0.05) is 34.3 Å². The number of carbonyl (C=O) groups is 1. The molecule has 0 bridgehead atoms. The summed E-state index contributed by atoms with van der Waals surface area (Å²) in [5, 5.41) is 26.2. The van der Waals surface area contributed by atoms with Crippen LogP contribution in [0, 0.1) is 13.8 Å². The third-order valence-corrected chi connectivity index (χ3v) is 13.1. The Bertz CT molecular complexity index is 2880. The molecule has 0 saturated heterocycles. The number of hydrogen-bond donors (Lipinski definition) is 8. The summed E-state index contributed by atoms with van der Waals surface area (Å²) in [5.41, 5.74) is 0.339. The molecule has 292 valence electrons. The first-order valence-electron chi connectivity index (χ1n) is 15.8. The average Bonchev–Trinajstić information content (AvgIpc) is 3.08. The van der Waals surface area contributed by atoms with E-state index in [9.17, 15) is 57.8 Å². The van der Waals surface area contributed by atoms with Crippen LogP contribution in [0.3, 0.4) is 0 Å². The zero-order chi connectivity index (χ0) is 41.0. The van der Waals surface area contributed by atoms with Crippen molar-refractivity contribution in [3.05, 3.63) is 108 Å². The van der Waals surface area contributed by atoms with E-state index < -0.39 is 67.6 Å². The third-order valence-electron chi connectivity index (χ3n) is 8.41. The quantitative estimate of drug-likeness (QED) is 0.0763. The first-order chi connectivity index (χ1) is 26.0. The minimum absolute atomic E-state index is 0.0154. The summed E-state index contributed by atoms with van der Waals surface area (Å²) in [7, 11) is -18.2. The molecule has 8 N–H and O–H groups in total. The smallest absolute Gasteiger partial charge is 0.323 e. The molecule has 0 atom stereocenters. The van der Waals surface area contributed by atoms with Crippen LogP contribution in [0.5, 0.6) is 11.5 Å². The predicted molar refractivity (Wildman–Crippen MR) is 207 cm³/mol. The molecule has 6 rings (SSSR count). The van der Waals surface area contributed by atoms with Crippen LogP contribution >= 0.6 is 0 Å². The summed E-state index contributed by atoms with van der Waals surface area (Å²) in [6.45, 7) is 2.99. The number of aromatic hydroxyl groups is 2. The topological polar surface area (TPSA) is 283 Å². The molecule has 21 heteroatoms. The van der Waals surface area contributed by atoms with Crippen molar-refractivity contribution in [2.24, 2.45) is 0 Å². The van der Waals surface area contributed by atoms with Crippen LogP contribution in [-0.4, -0.2) is 59.0 Å². The molecular weight excluding hydrogens is 813 g/mol. The standard InChI is InChI=1S/C35H30N4O13S4/c1-19-9-11-23(15-31(19)53(43,44)38-27-7-3-5-21-13-25(55(47,48)49)17-29(40)33(21)27)36-35(42)37-24-12-10-20(2)32(16-24)54(45,46)39-28-8-4-6-22-14-26(56(50,51)52)18-30(41)34(22)28/h3-18,38-41H,1-2H3,(H2,36,37,42)(H,47,48,49)(H,50,51,52). The highest BCUT2D eigenvalue weighted by molar-refractivity contribution is 7.93. The molecule has 17 nitrogen and oxygen atoms in total. The number of benzene rings is 6. The summed E-state index contributed by atoms with van der Waals surface area (Å²) in [6.07, 6.45) is 0. The van der Waals surface area contributed by atoms with E-state index in [0.29, 0.717) is 0 Å². The second kappa shape index (κ2) is 14.3. The number of rotatable bonds is 10. The number of hydrogen-bond acceptors (Lipinski definition) is 11. The second-order valence-corrected chi connectivity index (χ2v) is 18.5. The Kier molecular flexibility index (Phi) is 10.1. The van der Waals surface area contributed by atoms with Crippen molar-refractivity contribution in [3.8, 4) is 11.5 Å². The third kappa shape index (κ3) is 8.17. The maximum absolute atomic E-state index is 13.6. The first-order valence-corrected chi connectivity index (χ1v) is 21.7. The number of phenols is 2. The minimum Gasteiger partial charge on any atom is -0.507 e. The van der Waals surface area contributed by atoms with E-state index in [1.165, 1.54) is 74.5 Å². The number of carbonyl (C=O) groups excluding carboxylic acids is 1. The number of phenolic OH excluding ortho intramolecular Hbond substituents is 2. The summed E-state index contributed by atoms with van der Waals surface area (Å²) in [5.74, 6) is -1.24. The molecule has 0 aliphatic rings. The molecule has 0 saturated carbocycles. The van der Waals surface area contributed by atoms with Gasteiger partial charge >= 0.3 is 6.03 Å². The monoisotopic (exact) mass is 842 g/mol. The van der Waals surface area contributed by atoms with Crippen molar-refractivity contribution in [1.82, 2.24) is 0 Å². The maximum atomic E-state index is 13.6. The van der Waals surface area contributed by atoms with Gasteiger partial charge in [-0.25, -0.2) is 21.6 Å². The minimum atomic E-state index is -4.68. The number of urea groups is 1. The summed E-state index contributed by atoms with van der Waals surface area (Å²) < 4.78 is 124. The maximum Gasteiger partial charge on any atom is 0.323 e. The van der Waals surface area contributed by atoms with Crippen LogP contribution in [0.4, 0.5) is 27.5 Å². The lowest BCUT2D eigenvalue weighted by Crippen LogP contribution is -2.21. The van der Waals surface area contributed by atoms with Gasteiger partial charge in [-0.3, -0.25) is 18.5 Å². The summed E-state index contributed by atoms with van der Waals surface area (Å²) >= 11 is 0. The van der Waals surface area contributed by atoms with Gasteiger partial charge in [-0.15, -0.1) is 0 Å². The van der Waals surface area contributed by atoms with E-state index >= 15 is 0 Å². The zero-order valence-corrected chi connectivity index (χ0v) is 32.1. The Morgan fingerprint density at radius 1 is 0.518 bits per heavy atom. The highest BCUT2D eigenvalue weighted by atomic mass is 32.2. The Hall–Kier alpha value is -5.97. The normalized spacial score (nSPS) is 12.4. The van der Waals surface area contributed by atoms with E-state index in [1.54, 1.807) is 0 Å². The fourth-order valence-corrected chi connectivity index (χ4v) is 9.61. The predicted octanol–water partition coefficient (Wildman–Crippen LogP) is 5.76. The van der Waals surface area contributed by atoms with E-state index in [0.717, 1.165) is 36.4 Å². The Labute approximate surface area is 320 Å². The molecule has 0 heterocycles. The lowest BCUT2D eigenvalue weighted by molar-refractivity contribution is 0.262. The van der Waals surface area contributed by atoms with Gasteiger partial charge in [0.05, 0.1) is 31.0 Å². The molecule has 0 aliphatic heterocycles. The number of aryl methyl sites for hydroxylation is 2. The number of sulfonamides is 2. The number of amides is 2. The highest BCUT2D eigenvalue weighted by Crippen LogP contribution is 2.37. The molecule has 0 unspecified atom stereocenters. The van der Waals surface area contributed by atoms with Gasteiger partial charge in [-0.2, -0.15) is 16.8 Å². The van der Waals surface area contributed by atoms with Gasteiger partial charge in [-0.1, -0.05) is 36.4 Å². The van der Waals surface area contributed by atoms with E-state index in [1.807, 2.05) is 0 Å². The lowest BCUT2D eigenvalue weighted by Gasteiger charge is -2.16. The van der Waals surface area contributed by atoms with E-state index in [-0.39, 0.29) is 65.2 Å². The summed E-state index contributed by atoms with van der Waals surface area (Å²) in [4.78, 5) is 11.3. The van der Waals surface area contributed by atoms with Crippen molar-refractivity contribution < 1.29 is 57.8 Å². The van der Waals surface area contributed by atoms with Crippen molar-refractivity contribution in [2.75, 3.05) is 20.1 Å². The fraction of sp³-hybridized carbons (Fsp3) is 0.0571. The molecule has 0 spiro atoms. The Morgan fingerprint density at radius 2 is 0.893 bits per heavy atom. The van der Waals surface area contributed by atoms with Crippen molar-refractivity contribution in [3.63, 3.8) is 0 Å². The molecule has 0 fully saturated rings. The molecule has 6 aromatic carbocycles. The number of anilines is 4. The largest absolute Gasteiger partial charge is 0.507 e. The van der Waals surface area contributed by atoms with Crippen LogP contribution in [0.2, 0.25) is 0 Å². The van der Waals surface area contributed by atoms with Crippen LogP contribution in [0.1, 0.15) is 11.1 Å². The molecular formula is C35H30N4O13S4. The van der Waals surface area contributed by atoms with Crippen LogP contribution in [-0.2, 0) is 40.3 Å². The Morgan fingerprint density at radius 3 is 1.25 bits per heavy atom. The molecule has 0 aromatic heterocycles. The van der Waals surface area contributed by atoms with E-state index in [4.69, 9.17) is 0 Å². The van der Waals surface area contributed by atoms with Gasteiger partial charge in [0.15, 0.2) is 0 Å². The second-order valence-electron chi connectivity index (χ2n) is 12.4. The van der Waals surface area contributed by atoms with Gasteiger partial charge in [0.1, 0.15) is 11.5 Å². The van der Waals surface area contributed by atoms with Crippen molar-refractivity contribution in [2.45, 2.75) is 33.4 Å². The molecule has 2 amide bonds. The van der Waals surface area contributed by atoms with Gasteiger partial charge < -0.3 is 20.8 Å². The molecule has 56 heavy (non-hydrogen) atoms. The molecule has 0 radical (unpaired) electrons. The van der Waals surface area contributed by atoms with Gasteiger partial charge in [0.2, 0.25) is 0 Å². The van der Waals surface area contributed by atoms with Crippen LogP contribution < -0.4 is 20.1 Å². The SMILES string of the molecule is Cc1ccc(NC(=O)Nc2ccc(C)c(S(=O)(=O)Nc3cccc4cc(S(=O)(=O)O)cc(O)c34)c2)cc1S(=O)(=O)Nc1cccc2cc(S(=O)(=O)O)cc(O)c12. The Balaban J connectivity index is 1.22.